The molecule has 0 aromatic rings. The molecular weight excluding hydrogens is 132 g/mol. The fourth-order valence-electron chi connectivity index (χ4n) is 1.08. The number of hydrogen-bond donors (Lipinski definition) is 0. The number of hydrogen-bond acceptors (Lipinski definition) is 3. The molecule has 1 saturated heterocycles. The van der Waals surface area contributed by atoms with E-state index in [9.17, 15) is 9.59 Å². The molecule has 1 heterocycles. The predicted octanol–water partition coefficient (Wildman–Crippen LogP) is 0.527. The molecule has 0 amide bonds. The van der Waals surface area contributed by atoms with Crippen molar-refractivity contribution in [1.82, 2.24) is 0 Å². The number of aldehydes is 1. The first kappa shape index (κ1) is 7.25. The van der Waals surface area contributed by atoms with Crippen molar-refractivity contribution in [3.05, 3.63) is 0 Å². The summed E-state index contributed by atoms with van der Waals surface area (Å²) in [5.41, 5.74) is 0. The van der Waals surface area contributed by atoms with E-state index in [4.69, 9.17) is 0 Å². The molecule has 0 unspecified atom stereocenters. The average Bonchev–Trinajstić information content (AvgIpc) is 1.95. The van der Waals surface area contributed by atoms with Crippen LogP contribution in [-0.2, 0) is 14.3 Å². The van der Waals surface area contributed by atoms with Crippen LogP contribution in [0.15, 0.2) is 0 Å². The van der Waals surface area contributed by atoms with Crippen LogP contribution in [0.5, 0.6) is 0 Å². The lowest BCUT2D eigenvalue weighted by molar-refractivity contribution is -0.184. The fourth-order valence-corrected chi connectivity index (χ4v) is 1.08. The second-order valence-corrected chi connectivity index (χ2v) is 2.43. The molecule has 1 aliphatic rings. The smallest absolute Gasteiger partial charge is 0.313 e. The molecule has 0 radical (unpaired) electrons. The molecule has 3 nitrogen and oxygen atoms in total. The third-order valence-electron chi connectivity index (χ3n) is 1.69. The molecule has 0 N–H and O–H groups in total. The van der Waals surface area contributed by atoms with Crippen LogP contribution < -0.4 is 0 Å². The van der Waals surface area contributed by atoms with Crippen molar-refractivity contribution >= 4 is 12.3 Å². The topological polar surface area (TPSA) is 43.4 Å². The Morgan fingerprint density at radius 1 is 1.70 bits per heavy atom. The summed E-state index contributed by atoms with van der Waals surface area (Å²) in [6.07, 6.45) is 1.93. The Balaban J connectivity index is 2.39. The van der Waals surface area contributed by atoms with Crippen LogP contribution in [0.1, 0.15) is 19.8 Å². The summed E-state index contributed by atoms with van der Waals surface area (Å²) in [5, 5.41) is 0. The third-order valence-corrected chi connectivity index (χ3v) is 1.69. The molecule has 0 bridgehead atoms. The SMILES string of the molecule is CCC[C@@H]1C(=O)O[C@H]1C=O. The van der Waals surface area contributed by atoms with Crippen LogP contribution >= 0.6 is 0 Å². The molecule has 0 aromatic heterocycles. The van der Waals surface area contributed by atoms with Gasteiger partial charge >= 0.3 is 5.97 Å². The minimum atomic E-state index is -0.451. The Labute approximate surface area is 59.4 Å². The van der Waals surface area contributed by atoms with E-state index in [0.29, 0.717) is 6.29 Å². The average molecular weight is 142 g/mol. The lowest BCUT2D eigenvalue weighted by atomic mass is 9.93. The van der Waals surface area contributed by atoms with E-state index >= 15 is 0 Å². The van der Waals surface area contributed by atoms with E-state index in [-0.39, 0.29) is 11.9 Å². The maximum absolute atomic E-state index is 10.6. The maximum atomic E-state index is 10.6. The highest BCUT2D eigenvalue weighted by Gasteiger charge is 2.41. The van der Waals surface area contributed by atoms with Gasteiger partial charge in [-0.05, 0) is 6.42 Å². The molecule has 0 spiro atoms. The zero-order valence-corrected chi connectivity index (χ0v) is 5.87. The van der Waals surface area contributed by atoms with Crippen molar-refractivity contribution < 1.29 is 14.3 Å². The van der Waals surface area contributed by atoms with Crippen LogP contribution in [0.2, 0.25) is 0 Å². The zero-order valence-electron chi connectivity index (χ0n) is 5.87. The zero-order chi connectivity index (χ0) is 7.56. The summed E-state index contributed by atoms with van der Waals surface area (Å²) in [5.74, 6) is -0.374. The van der Waals surface area contributed by atoms with Crippen molar-refractivity contribution in [2.45, 2.75) is 25.9 Å². The van der Waals surface area contributed by atoms with Crippen molar-refractivity contribution in [1.29, 1.82) is 0 Å². The minimum absolute atomic E-state index is 0.150. The van der Waals surface area contributed by atoms with Gasteiger partial charge in [-0.2, -0.15) is 0 Å². The highest BCUT2D eigenvalue weighted by Crippen LogP contribution is 2.24. The Kier molecular flexibility index (Phi) is 2.04. The van der Waals surface area contributed by atoms with Crippen molar-refractivity contribution in [2.75, 3.05) is 0 Å². The highest BCUT2D eigenvalue weighted by molar-refractivity contribution is 5.85. The predicted molar refractivity (Wildman–Crippen MR) is 34.3 cm³/mol. The standard InChI is InChI=1S/C7H10O3/c1-2-3-5-6(4-8)10-7(5)9/h4-6H,2-3H2,1H3/t5-,6-/m0/s1. The Morgan fingerprint density at radius 3 is 2.80 bits per heavy atom. The summed E-state index contributed by atoms with van der Waals surface area (Å²) < 4.78 is 4.55. The quantitative estimate of drug-likeness (QED) is 0.426. The van der Waals surface area contributed by atoms with E-state index in [0.717, 1.165) is 12.8 Å². The molecule has 1 rings (SSSR count). The van der Waals surface area contributed by atoms with Gasteiger partial charge in [0.1, 0.15) is 5.92 Å². The number of esters is 1. The molecule has 2 atom stereocenters. The summed E-state index contributed by atoms with van der Waals surface area (Å²) in [6.45, 7) is 1.98. The summed E-state index contributed by atoms with van der Waals surface area (Å²) in [4.78, 5) is 20.7. The summed E-state index contributed by atoms with van der Waals surface area (Å²) in [6, 6.07) is 0. The largest absolute Gasteiger partial charge is 0.453 e. The van der Waals surface area contributed by atoms with E-state index in [2.05, 4.69) is 4.74 Å². The molecule has 0 saturated carbocycles. The molecule has 3 heteroatoms. The van der Waals surface area contributed by atoms with E-state index in [1.165, 1.54) is 0 Å². The number of rotatable bonds is 3. The van der Waals surface area contributed by atoms with Gasteiger partial charge in [-0.15, -0.1) is 0 Å². The molecule has 0 aromatic carbocycles. The van der Waals surface area contributed by atoms with Crippen LogP contribution in [0.3, 0.4) is 0 Å². The Morgan fingerprint density at radius 2 is 2.40 bits per heavy atom. The first-order chi connectivity index (χ1) is 4.79. The van der Waals surface area contributed by atoms with Gasteiger partial charge in [-0.1, -0.05) is 13.3 Å². The van der Waals surface area contributed by atoms with Gasteiger partial charge in [0, 0.05) is 0 Å². The van der Waals surface area contributed by atoms with Gasteiger partial charge in [0.15, 0.2) is 12.4 Å². The summed E-state index contributed by atoms with van der Waals surface area (Å²) in [7, 11) is 0. The highest BCUT2D eigenvalue weighted by atomic mass is 16.6. The van der Waals surface area contributed by atoms with Crippen LogP contribution in [0.25, 0.3) is 0 Å². The molecule has 10 heavy (non-hydrogen) atoms. The number of cyclic esters (lactones) is 1. The van der Waals surface area contributed by atoms with Gasteiger partial charge in [-0.3, -0.25) is 9.59 Å². The van der Waals surface area contributed by atoms with Gasteiger partial charge in [0.25, 0.3) is 0 Å². The second-order valence-electron chi connectivity index (χ2n) is 2.43. The van der Waals surface area contributed by atoms with Gasteiger partial charge in [-0.25, -0.2) is 0 Å². The number of carbonyl (C=O) groups excluding carboxylic acids is 2. The van der Waals surface area contributed by atoms with Gasteiger partial charge in [0.05, 0.1) is 0 Å². The molecule has 1 fully saturated rings. The summed E-state index contributed by atoms with van der Waals surface area (Å²) >= 11 is 0. The van der Waals surface area contributed by atoms with Gasteiger partial charge < -0.3 is 4.74 Å². The molecule has 1 aliphatic heterocycles. The van der Waals surface area contributed by atoms with Gasteiger partial charge in [0.2, 0.25) is 0 Å². The van der Waals surface area contributed by atoms with Crippen molar-refractivity contribution in [2.24, 2.45) is 5.92 Å². The van der Waals surface area contributed by atoms with Crippen molar-refractivity contribution in [3.8, 4) is 0 Å². The monoisotopic (exact) mass is 142 g/mol. The lowest BCUT2D eigenvalue weighted by Crippen LogP contribution is -2.45. The van der Waals surface area contributed by atoms with Crippen LogP contribution in [0.4, 0.5) is 0 Å². The van der Waals surface area contributed by atoms with E-state index < -0.39 is 6.10 Å². The first-order valence-corrected chi connectivity index (χ1v) is 3.45. The van der Waals surface area contributed by atoms with Crippen LogP contribution in [0, 0.1) is 5.92 Å². The van der Waals surface area contributed by atoms with Crippen LogP contribution in [-0.4, -0.2) is 18.4 Å². The first-order valence-electron chi connectivity index (χ1n) is 3.45. The maximum Gasteiger partial charge on any atom is 0.313 e. The fraction of sp³-hybridized carbons (Fsp3) is 0.714. The van der Waals surface area contributed by atoms with E-state index in [1.807, 2.05) is 6.92 Å². The number of ether oxygens (including phenoxy) is 1. The van der Waals surface area contributed by atoms with Crippen molar-refractivity contribution in [3.63, 3.8) is 0 Å². The van der Waals surface area contributed by atoms with E-state index in [1.54, 1.807) is 0 Å². The third kappa shape index (κ3) is 1.03. The molecule has 0 aliphatic carbocycles. The lowest BCUT2D eigenvalue weighted by Gasteiger charge is -2.30. The normalized spacial score (nSPS) is 30.7. The Hall–Kier alpha value is -0.860. The second kappa shape index (κ2) is 2.82. The Bertz CT molecular complexity index is 153. The molecule has 56 valence electrons. The molecular formula is C7H10O3. The minimum Gasteiger partial charge on any atom is -0.453 e. The number of carbonyl (C=O) groups is 2.